The van der Waals surface area contributed by atoms with Crippen LogP contribution in [-0.4, -0.2) is 8.42 Å². The molecule has 0 bridgehead atoms. The Morgan fingerprint density at radius 2 is 1.48 bits per heavy atom. The number of benzene rings is 2. The third kappa shape index (κ3) is 3.07. The summed E-state index contributed by atoms with van der Waals surface area (Å²) in [5, 5.41) is 0. The predicted octanol–water partition coefficient (Wildman–Crippen LogP) is 2.63. The van der Waals surface area contributed by atoms with Crippen molar-refractivity contribution in [2.45, 2.75) is 4.90 Å². The highest BCUT2D eigenvalue weighted by Crippen LogP contribution is 2.24. The maximum atomic E-state index is 13.5. The molecule has 0 spiro atoms. The van der Waals surface area contributed by atoms with Gasteiger partial charge < -0.3 is 5.73 Å². The first kappa shape index (κ1) is 15.1. The molecular weight excluding hydrogens is 312 g/mol. The summed E-state index contributed by atoms with van der Waals surface area (Å²) in [4.78, 5) is -0.841. The molecule has 0 amide bonds. The van der Waals surface area contributed by atoms with Gasteiger partial charge in [0.2, 0.25) is 0 Å². The molecule has 0 aliphatic heterocycles. The Kier molecular flexibility index (Phi) is 3.77. The average molecular weight is 320 g/mol. The Morgan fingerprint density at radius 3 is 2.14 bits per heavy atom. The topological polar surface area (TPSA) is 72.2 Å². The molecule has 2 aromatic rings. The van der Waals surface area contributed by atoms with E-state index < -0.39 is 43.9 Å². The molecule has 0 saturated heterocycles. The molecule has 0 radical (unpaired) electrons. The highest BCUT2D eigenvalue weighted by molar-refractivity contribution is 7.92. The van der Waals surface area contributed by atoms with Gasteiger partial charge in [-0.25, -0.2) is 26.0 Å². The number of rotatable bonds is 3. The molecule has 0 heterocycles. The van der Waals surface area contributed by atoms with Crippen LogP contribution in [0.5, 0.6) is 0 Å². The molecule has 0 aliphatic rings. The number of anilines is 2. The standard InChI is InChI=1S/C12H8F4N2O2S/c13-7-2-1-6(17)3-12(7)21(19,20)18-11-5-9(15)8(14)4-10(11)16/h1-5,18H,17H2. The summed E-state index contributed by atoms with van der Waals surface area (Å²) in [6, 6.07) is 3.24. The van der Waals surface area contributed by atoms with Gasteiger partial charge in [0.25, 0.3) is 10.0 Å². The van der Waals surface area contributed by atoms with Crippen LogP contribution in [-0.2, 0) is 10.0 Å². The van der Waals surface area contributed by atoms with Crippen LogP contribution >= 0.6 is 0 Å². The van der Waals surface area contributed by atoms with E-state index in [1.54, 1.807) is 4.72 Å². The van der Waals surface area contributed by atoms with Crippen LogP contribution < -0.4 is 10.5 Å². The molecule has 0 atom stereocenters. The molecule has 21 heavy (non-hydrogen) atoms. The number of hydrogen-bond donors (Lipinski definition) is 2. The molecule has 0 saturated carbocycles. The van der Waals surface area contributed by atoms with Crippen LogP contribution in [0.15, 0.2) is 35.2 Å². The molecule has 4 nitrogen and oxygen atoms in total. The maximum Gasteiger partial charge on any atom is 0.264 e. The number of hydrogen-bond acceptors (Lipinski definition) is 3. The van der Waals surface area contributed by atoms with E-state index in [1.165, 1.54) is 0 Å². The van der Waals surface area contributed by atoms with Gasteiger partial charge in [-0.2, -0.15) is 0 Å². The second kappa shape index (κ2) is 5.24. The fraction of sp³-hybridized carbons (Fsp3) is 0. The molecule has 0 fully saturated rings. The zero-order valence-electron chi connectivity index (χ0n) is 10.2. The lowest BCUT2D eigenvalue weighted by Crippen LogP contribution is -2.16. The predicted molar refractivity (Wildman–Crippen MR) is 67.9 cm³/mol. The van der Waals surface area contributed by atoms with Crippen LogP contribution in [0.1, 0.15) is 0 Å². The molecular formula is C12H8F4N2O2S. The number of nitrogens with one attached hydrogen (secondary N) is 1. The average Bonchev–Trinajstić information content (AvgIpc) is 2.38. The van der Waals surface area contributed by atoms with Gasteiger partial charge in [-0.05, 0) is 18.2 Å². The Labute approximate surface area is 117 Å². The summed E-state index contributed by atoms with van der Waals surface area (Å²) < 4.78 is 78.2. The van der Waals surface area contributed by atoms with Gasteiger partial charge in [0, 0.05) is 17.8 Å². The van der Waals surface area contributed by atoms with Crippen molar-refractivity contribution in [2.75, 3.05) is 10.5 Å². The Hall–Kier alpha value is -2.29. The zero-order chi connectivity index (χ0) is 15.8. The van der Waals surface area contributed by atoms with Crippen LogP contribution in [0.4, 0.5) is 28.9 Å². The molecule has 0 aliphatic carbocycles. The first-order valence-electron chi connectivity index (χ1n) is 5.43. The van der Waals surface area contributed by atoms with E-state index >= 15 is 0 Å². The number of halogens is 4. The molecule has 2 aromatic carbocycles. The summed E-state index contributed by atoms with van der Waals surface area (Å²) >= 11 is 0. The molecule has 2 rings (SSSR count). The Bertz CT molecular complexity index is 809. The minimum atomic E-state index is -4.55. The van der Waals surface area contributed by atoms with Gasteiger partial charge in [0.1, 0.15) is 16.5 Å². The highest BCUT2D eigenvalue weighted by Gasteiger charge is 2.22. The molecule has 3 N–H and O–H groups in total. The minimum absolute atomic E-state index is 0.0393. The van der Waals surface area contributed by atoms with E-state index in [9.17, 15) is 26.0 Å². The van der Waals surface area contributed by atoms with E-state index in [1.807, 2.05) is 0 Å². The summed E-state index contributed by atoms with van der Waals surface area (Å²) in [7, 11) is -4.55. The lowest BCUT2D eigenvalue weighted by atomic mass is 10.3. The Morgan fingerprint density at radius 1 is 0.857 bits per heavy atom. The monoisotopic (exact) mass is 320 g/mol. The largest absolute Gasteiger partial charge is 0.399 e. The summed E-state index contributed by atoms with van der Waals surface area (Å²) in [5.74, 6) is -5.41. The van der Waals surface area contributed by atoms with Gasteiger partial charge in [-0.1, -0.05) is 0 Å². The fourth-order valence-corrected chi connectivity index (χ4v) is 2.70. The third-order valence-corrected chi connectivity index (χ3v) is 3.88. The smallest absolute Gasteiger partial charge is 0.264 e. The van der Waals surface area contributed by atoms with Gasteiger partial charge in [-0.3, -0.25) is 4.72 Å². The van der Waals surface area contributed by atoms with E-state index in [4.69, 9.17) is 5.73 Å². The number of nitrogens with two attached hydrogens (primary N) is 1. The highest BCUT2D eigenvalue weighted by atomic mass is 32.2. The number of sulfonamides is 1. The molecule has 9 heteroatoms. The van der Waals surface area contributed by atoms with Gasteiger partial charge in [0.05, 0.1) is 5.69 Å². The SMILES string of the molecule is Nc1ccc(F)c(S(=O)(=O)Nc2cc(F)c(F)cc2F)c1. The van der Waals surface area contributed by atoms with Crippen molar-refractivity contribution in [3.8, 4) is 0 Å². The second-order valence-electron chi connectivity index (χ2n) is 4.04. The first-order valence-corrected chi connectivity index (χ1v) is 6.91. The van der Waals surface area contributed by atoms with Crippen LogP contribution in [0.25, 0.3) is 0 Å². The van der Waals surface area contributed by atoms with Crippen molar-refractivity contribution in [3.05, 3.63) is 53.6 Å². The lowest BCUT2D eigenvalue weighted by Gasteiger charge is -2.10. The van der Waals surface area contributed by atoms with Gasteiger partial charge >= 0.3 is 0 Å². The van der Waals surface area contributed by atoms with Crippen LogP contribution in [0.3, 0.4) is 0 Å². The third-order valence-electron chi connectivity index (χ3n) is 2.50. The Balaban J connectivity index is 2.47. The summed E-state index contributed by atoms with van der Waals surface area (Å²) in [5.41, 5.74) is 4.46. The zero-order valence-corrected chi connectivity index (χ0v) is 11.0. The van der Waals surface area contributed by atoms with Crippen molar-refractivity contribution >= 4 is 21.4 Å². The van der Waals surface area contributed by atoms with Crippen LogP contribution in [0.2, 0.25) is 0 Å². The lowest BCUT2D eigenvalue weighted by molar-refractivity contribution is 0.496. The van der Waals surface area contributed by atoms with Crippen molar-refractivity contribution < 1.29 is 26.0 Å². The molecule has 0 unspecified atom stereocenters. The minimum Gasteiger partial charge on any atom is -0.399 e. The molecule has 112 valence electrons. The summed E-state index contributed by atoms with van der Waals surface area (Å²) in [6.45, 7) is 0. The van der Waals surface area contributed by atoms with E-state index in [2.05, 4.69) is 0 Å². The van der Waals surface area contributed by atoms with Crippen LogP contribution in [0, 0.1) is 23.3 Å². The quantitative estimate of drug-likeness (QED) is 0.519. The van der Waals surface area contributed by atoms with Crippen molar-refractivity contribution in [3.63, 3.8) is 0 Å². The molecule has 0 aromatic heterocycles. The van der Waals surface area contributed by atoms with Crippen molar-refractivity contribution in [1.82, 2.24) is 0 Å². The summed E-state index contributed by atoms with van der Waals surface area (Å²) in [6.07, 6.45) is 0. The second-order valence-corrected chi connectivity index (χ2v) is 5.69. The normalized spacial score (nSPS) is 11.4. The number of nitrogen functional groups attached to an aromatic ring is 1. The maximum absolute atomic E-state index is 13.5. The van der Waals surface area contributed by atoms with E-state index in [0.29, 0.717) is 6.07 Å². The fourth-order valence-electron chi connectivity index (χ4n) is 1.53. The van der Waals surface area contributed by atoms with Crippen molar-refractivity contribution in [1.29, 1.82) is 0 Å². The van der Waals surface area contributed by atoms with E-state index in [0.717, 1.165) is 18.2 Å². The van der Waals surface area contributed by atoms with Crippen molar-refractivity contribution in [2.24, 2.45) is 0 Å². The first-order chi connectivity index (χ1) is 9.70. The van der Waals surface area contributed by atoms with E-state index in [-0.39, 0.29) is 11.8 Å². The van der Waals surface area contributed by atoms with Gasteiger partial charge in [0.15, 0.2) is 11.6 Å². The van der Waals surface area contributed by atoms with Gasteiger partial charge in [-0.15, -0.1) is 0 Å².